The molecule has 0 spiro atoms. The molecule has 1 aliphatic rings. The summed E-state index contributed by atoms with van der Waals surface area (Å²) >= 11 is 0. The Bertz CT molecular complexity index is 433. The highest BCUT2D eigenvalue weighted by molar-refractivity contribution is 5.54. The maximum atomic E-state index is 5.59. The van der Waals surface area contributed by atoms with Gasteiger partial charge >= 0.3 is 0 Å². The first-order valence-corrected chi connectivity index (χ1v) is 8.96. The van der Waals surface area contributed by atoms with Gasteiger partial charge < -0.3 is 15.4 Å². The Morgan fingerprint density at radius 2 is 2.14 bits per heavy atom. The molecule has 0 fully saturated rings. The fraction of sp³-hybridized carbons (Fsp3) is 0.684. The third-order valence-electron chi connectivity index (χ3n) is 4.25. The number of nitrogens with one attached hydrogen (secondary N) is 2. The minimum atomic E-state index is 0.519. The summed E-state index contributed by atoms with van der Waals surface area (Å²) in [5.74, 6) is 0. The Morgan fingerprint density at radius 1 is 1.27 bits per heavy atom. The van der Waals surface area contributed by atoms with Crippen molar-refractivity contribution in [3.8, 4) is 0 Å². The molecule has 22 heavy (non-hydrogen) atoms. The average molecular weight is 304 g/mol. The fourth-order valence-electron chi connectivity index (χ4n) is 2.95. The molecule has 2 rings (SSSR count). The lowest BCUT2D eigenvalue weighted by Crippen LogP contribution is -2.29. The van der Waals surface area contributed by atoms with Crippen LogP contribution in [0.1, 0.15) is 50.7 Å². The van der Waals surface area contributed by atoms with Gasteiger partial charge in [-0.1, -0.05) is 25.5 Å². The van der Waals surface area contributed by atoms with Gasteiger partial charge in [0.25, 0.3) is 0 Å². The van der Waals surface area contributed by atoms with Gasteiger partial charge in [0.2, 0.25) is 0 Å². The number of ether oxygens (including phenoxy) is 1. The molecule has 3 heteroatoms. The van der Waals surface area contributed by atoms with Gasteiger partial charge in [-0.25, -0.2) is 0 Å². The molecule has 0 amide bonds. The van der Waals surface area contributed by atoms with Crippen LogP contribution in [0.2, 0.25) is 0 Å². The second kappa shape index (κ2) is 9.86. The van der Waals surface area contributed by atoms with E-state index < -0.39 is 0 Å². The summed E-state index contributed by atoms with van der Waals surface area (Å²) in [6, 6.07) is 7.42. The normalized spacial score (nSPS) is 15.2. The summed E-state index contributed by atoms with van der Waals surface area (Å²) in [4.78, 5) is 0. The van der Waals surface area contributed by atoms with Crippen LogP contribution in [0.4, 0.5) is 5.69 Å². The molecule has 3 nitrogen and oxygen atoms in total. The quantitative estimate of drug-likeness (QED) is 0.646. The van der Waals surface area contributed by atoms with Crippen molar-refractivity contribution in [3.05, 3.63) is 29.3 Å². The predicted octanol–water partition coefficient (Wildman–Crippen LogP) is 3.77. The Hall–Kier alpha value is -1.06. The Labute approximate surface area is 135 Å². The second-order valence-corrected chi connectivity index (χ2v) is 6.40. The summed E-state index contributed by atoms with van der Waals surface area (Å²) in [6.07, 6.45) is 7.06. The first-order valence-electron chi connectivity index (χ1n) is 8.96. The topological polar surface area (TPSA) is 33.3 Å². The van der Waals surface area contributed by atoms with E-state index in [0.29, 0.717) is 6.04 Å². The van der Waals surface area contributed by atoms with Gasteiger partial charge in [-0.15, -0.1) is 0 Å². The molecule has 0 radical (unpaired) electrons. The third kappa shape index (κ3) is 5.98. The third-order valence-corrected chi connectivity index (χ3v) is 4.25. The maximum Gasteiger partial charge on any atom is 0.0478 e. The monoisotopic (exact) mass is 304 g/mol. The summed E-state index contributed by atoms with van der Waals surface area (Å²) in [7, 11) is 0. The van der Waals surface area contributed by atoms with Gasteiger partial charge in [0.15, 0.2) is 0 Å². The van der Waals surface area contributed by atoms with Gasteiger partial charge in [-0.05, 0) is 62.8 Å². The van der Waals surface area contributed by atoms with Crippen LogP contribution in [0, 0.1) is 0 Å². The van der Waals surface area contributed by atoms with Crippen molar-refractivity contribution in [1.82, 2.24) is 5.32 Å². The molecule has 0 aromatic heterocycles. The van der Waals surface area contributed by atoms with Crippen molar-refractivity contribution in [2.24, 2.45) is 0 Å². The molecule has 2 N–H and O–H groups in total. The van der Waals surface area contributed by atoms with E-state index in [1.807, 2.05) is 0 Å². The van der Waals surface area contributed by atoms with E-state index in [1.54, 1.807) is 0 Å². The zero-order valence-corrected chi connectivity index (χ0v) is 14.3. The van der Waals surface area contributed by atoms with Crippen LogP contribution in [-0.2, 0) is 17.6 Å². The zero-order valence-electron chi connectivity index (χ0n) is 14.3. The van der Waals surface area contributed by atoms with E-state index in [0.717, 1.165) is 39.1 Å². The molecule has 0 aliphatic carbocycles. The minimum absolute atomic E-state index is 0.519. The van der Waals surface area contributed by atoms with Crippen LogP contribution in [0.3, 0.4) is 0 Å². The molecule has 1 atom stereocenters. The van der Waals surface area contributed by atoms with Crippen LogP contribution in [0.25, 0.3) is 0 Å². The lowest BCUT2D eigenvalue weighted by molar-refractivity contribution is 0.128. The molecule has 0 saturated carbocycles. The van der Waals surface area contributed by atoms with Crippen molar-refractivity contribution in [2.45, 2.75) is 58.4 Å². The minimum Gasteiger partial charge on any atom is -0.385 e. The van der Waals surface area contributed by atoms with Crippen molar-refractivity contribution < 1.29 is 4.74 Å². The molecule has 0 bridgehead atoms. The van der Waals surface area contributed by atoms with Crippen molar-refractivity contribution in [3.63, 3.8) is 0 Å². The van der Waals surface area contributed by atoms with Crippen molar-refractivity contribution >= 4 is 5.69 Å². The van der Waals surface area contributed by atoms with E-state index in [2.05, 4.69) is 42.7 Å². The molecule has 1 aliphatic heterocycles. The Kier molecular flexibility index (Phi) is 7.75. The van der Waals surface area contributed by atoms with Gasteiger partial charge in [-0.2, -0.15) is 0 Å². The molecule has 124 valence electrons. The van der Waals surface area contributed by atoms with E-state index >= 15 is 0 Å². The van der Waals surface area contributed by atoms with Crippen LogP contribution >= 0.6 is 0 Å². The fourth-order valence-corrected chi connectivity index (χ4v) is 2.95. The number of unbranched alkanes of at least 4 members (excludes halogenated alkanes) is 1. The van der Waals surface area contributed by atoms with E-state index in [-0.39, 0.29) is 0 Å². The van der Waals surface area contributed by atoms with Gasteiger partial charge in [0.05, 0.1) is 0 Å². The summed E-state index contributed by atoms with van der Waals surface area (Å²) in [5, 5.41) is 7.08. The number of fused-ring (bicyclic) bond motifs is 1. The number of hydrogen-bond acceptors (Lipinski definition) is 3. The van der Waals surface area contributed by atoms with Crippen LogP contribution in [0.15, 0.2) is 18.2 Å². The summed E-state index contributed by atoms with van der Waals surface area (Å²) in [6.45, 7) is 8.42. The molecular formula is C19H32N2O. The van der Waals surface area contributed by atoms with E-state index in [4.69, 9.17) is 4.74 Å². The molecule has 1 heterocycles. The number of hydrogen-bond donors (Lipinski definition) is 2. The molecule has 1 unspecified atom stereocenters. The van der Waals surface area contributed by atoms with Gasteiger partial charge in [-0.3, -0.25) is 0 Å². The molecule has 1 aromatic rings. The lowest BCUT2D eigenvalue weighted by Gasteiger charge is -2.20. The van der Waals surface area contributed by atoms with Gasteiger partial charge in [0.1, 0.15) is 0 Å². The smallest absolute Gasteiger partial charge is 0.0478 e. The summed E-state index contributed by atoms with van der Waals surface area (Å²) < 4.78 is 5.59. The number of anilines is 1. The number of rotatable bonds is 10. The largest absolute Gasteiger partial charge is 0.385 e. The maximum absolute atomic E-state index is 5.59. The number of aryl methyl sites for hydroxylation is 1. The first kappa shape index (κ1) is 17.3. The van der Waals surface area contributed by atoms with Crippen LogP contribution < -0.4 is 10.6 Å². The first-order chi connectivity index (χ1) is 10.8. The highest BCUT2D eigenvalue weighted by Gasteiger charge is 2.10. The highest BCUT2D eigenvalue weighted by Crippen LogP contribution is 2.23. The standard InChI is InChI=1S/C19H32N2O/c1-3-4-12-22-13-6-11-20-16(2)14-17-8-9-19-18(15-17)7-5-10-21-19/h8-9,15-16,20-21H,3-7,10-14H2,1-2H3. The summed E-state index contributed by atoms with van der Waals surface area (Å²) in [5.41, 5.74) is 4.27. The highest BCUT2D eigenvalue weighted by atomic mass is 16.5. The molecular weight excluding hydrogens is 272 g/mol. The van der Waals surface area contributed by atoms with Crippen molar-refractivity contribution in [1.29, 1.82) is 0 Å². The van der Waals surface area contributed by atoms with Crippen molar-refractivity contribution in [2.75, 3.05) is 31.6 Å². The lowest BCUT2D eigenvalue weighted by atomic mass is 9.98. The zero-order chi connectivity index (χ0) is 15.6. The van der Waals surface area contributed by atoms with E-state index in [9.17, 15) is 0 Å². The Morgan fingerprint density at radius 3 is 3.00 bits per heavy atom. The average Bonchev–Trinajstić information content (AvgIpc) is 2.54. The van der Waals surface area contributed by atoms with Crippen LogP contribution in [-0.4, -0.2) is 32.3 Å². The van der Waals surface area contributed by atoms with E-state index in [1.165, 1.54) is 42.5 Å². The molecule has 1 aromatic carbocycles. The van der Waals surface area contributed by atoms with Gasteiger partial charge in [0, 0.05) is 31.5 Å². The second-order valence-electron chi connectivity index (χ2n) is 6.40. The molecule has 0 saturated heterocycles. The SMILES string of the molecule is CCCCOCCCNC(C)Cc1ccc2c(c1)CCCN2. The predicted molar refractivity (Wildman–Crippen MR) is 94.8 cm³/mol. The Balaban J connectivity index is 1.63. The van der Waals surface area contributed by atoms with Crippen LogP contribution in [0.5, 0.6) is 0 Å². The number of benzene rings is 1.